The lowest BCUT2D eigenvalue weighted by Crippen LogP contribution is -2.42. The number of aryl methyl sites for hydroxylation is 2. The lowest BCUT2D eigenvalue weighted by atomic mass is 9.92. The Bertz CT molecular complexity index is 1120. The van der Waals surface area contributed by atoms with Crippen molar-refractivity contribution in [2.24, 2.45) is 0 Å². The van der Waals surface area contributed by atoms with Gasteiger partial charge in [0.25, 0.3) is 5.91 Å². The first-order valence-electron chi connectivity index (χ1n) is 10.4. The highest BCUT2D eigenvalue weighted by molar-refractivity contribution is 9.10. The molecule has 0 fully saturated rings. The number of hydrogen-bond donors (Lipinski definition) is 0. The van der Waals surface area contributed by atoms with Crippen LogP contribution in [0, 0.1) is 13.8 Å². The Morgan fingerprint density at radius 1 is 1.06 bits per heavy atom. The van der Waals surface area contributed by atoms with Crippen molar-refractivity contribution in [1.29, 1.82) is 0 Å². The van der Waals surface area contributed by atoms with Crippen LogP contribution in [0.2, 0.25) is 0 Å². The monoisotopic (exact) mass is 499 g/mol. The van der Waals surface area contributed by atoms with Crippen molar-refractivity contribution in [1.82, 2.24) is 4.90 Å². The fourth-order valence-electron chi connectivity index (χ4n) is 4.21. The molecular weight excluding hydrogens is 474 g/mol. The third-order valence-corrected chi connectivity index (χ3v) is 6.08. The number of carbonyl (C=O) groups excluding carboxylic acids is 1. The summed E-state index contributed by atoms with van der Waals surface area (Å²) in [6.45, 7) is 4.93. The summed E-state index contributed by atoms with van der Waals surface area (Å²) in [4.78, 5) is 15.1. The first-order chi connectivity index (χ1) is 15.4. The average molecular weight is 500 g/mol. The second kappa shape index (κ2) is 9.28. The molecule has 0 radical (unpaired) electrons. The summed E-state index contributed by atoms with van der Waals surface area (Å²) in [5.41, 5.74) is 4.35. The van der Waals surface area contributed by atoms with Gasteiger partial charge in [0.1, 0.15) is 12.4 Å². The molecule has 1 aliphatic rings. The predicted molar refractivity (Wildman–Crippen MR) is 125 cm³/mol. The SMILES string of the molecule is COc1cc2c(cc1OC)C(COc1cc(C)cc(C)c1)N(C(=O)c1ccc(Br)o1)CC2. The van der Waals surface area contributed by atoms with Crippen molar-refractivity contribution < 1.29 is 23.4 Å². The summed E-state index contributed by atoms with van der Waals surface area (Å²) in [5.74, 6) is 2.19. The predicted octanol–water partition coefficient (Wildman–Crippen LogP) is 5.49. The number of fused-ring (bicyclic) bond motifs is 1. The number of rotatable bonds is 6. The van der Waals surface area contributed by atoms with Gasteiger partial charge in [-0.1, -0.05) is 6.07 Å². The van der Waals surface area contributed by atoms with E-state index in [9.17, 15) is 4.79 Å². The van der Waals surface area contributed by atoms with Crippen LogP contribution in [-0.4, -0.2) is 38.2 Å². The van der Waals surface area contributed by atoms with Crippen LogP contribution in [0.15, 0.2) is 51.6 Å². The molecule has 4 rings (SSSR count). The van der Waals surface area contributed by atoms with Crippen LogP contribution in [0.5, 0.6) is 17.2 Å². The fourth-order valence-corrected chi connectivity index (χ4v) is 4.52. The van der Waals surface area contributed by atoms with Gasteiger partial charge in [-0.3, -0.25) is 4.79 Å². The van der Waals surface area contributed by atoms with E-state index in [1.165, 1.54) is 0 Å². The third-order valence-electron chi connectivity index (χ3n) is 5.65. The number of carbonyl (C=O) groups is 1. The Hall–Kier alpha value is -2.93. The second-order valence-corrected chi connectivity index (χ2v) is 8.69. The lowest BCUT2D eigenvalue weighted by Gasteiger charge is -2.37. The van der Waals surface area contributed by atoms with Crippen LogP contribution >= 0.6 is 15.9 Å². The number of furan rings is 1. The largest absolute Gasteiger partial charge is 0.493 e. The first-order valence-corrected chi connectivity index (χ1v) is 11.2. The summed E-state index contributed by atoms with van der Waals surface area (Å²) in [6.07, 6.45) is 0.698. The first kappa shape index (κ1) is 22.3. The highest BCUT2D eigenvalue weighted by atomic mass is 79.9. The van der Waals surface area contributed by atoms with Gasteiger partial charge in [0.2, 0.25) is 0 Å². The Kier molecular flexibility index (Phi) is 6.46. The zero-order valence-electron chi connectivity index (χ0n) is 18.6. The molecule has 6 nitrogen and oxygen atoms in total. The standard InChI is InChI=1S/C25H26BrNO5/c1-15-9-16(2)11-18(10-15)31-14-20-19-13-23(30-4)22(29-3)12-17(19)7-8-27(20)25(28)21-5-6-24(26)32-21/h5-6,9-13,20H,7-8,14H2,1-4H3. The molecule has 0 spiro atoms. The van der Waals surface area contributed by atoms with Crippen LogP contribution in [-0.2, 0) is 6.42 Å². The molecule has 1 amide bonds. The van der Waals surface area contributed by atoms with E-state index in [4.69, 9.17) is 18.6 Å². The quantitative estimate of drug-likeness (QED) is 0.448. The van der Waals surface area contributed by atoms with Crippen molar-refractivity contribution in [3.8, 4) is 17.2 Å². The molecule has 0 saturated carbocycles. The van der Waals surface area contributed by atoms with Gasteiger partial charge in [0.15, 0.2) is 21.9 Å². The molecule has 1 unspecified atom stereocenters. The molecule has 0 bridgehead atoms. The zero-order valence-corrected chi connectivity index (χ0v) is 20.2. The molecule has 3 aromatic rings. The van der Waals surface area contributed by atoms with Crippen LogP contribution in [0.4, 0.5) is 0 Å². The van der Waals surface area contributed by atoms with Gasteiger partial charge in [-0.25, -0.2) is 0 Å². The van der Waals surface area contributed by atoms with E-state index in [2.05, 4.69) is 22.0 Å². The van der Waals surface area contributed by atoms with E-state index in [-0.39, 0.29) is 17.7 Å². The summed E-state index contributed by atoms with van der Waals surface area (Å²) >= 11 is 3.28. The molecular formula is C25H26BrNO5. The van der Waals surface area contributed by atoms with Crippen molar-refractivity contribution >= 4 is 21.8 Å². The fraction of sp³-hybridized carbons (Fsp3) is 0.320. The molecule has 168 valence electrons. The van der Waals surface area contributed by atoms with E-state index in [1.54, 1.807) is 26.4 Å². The molecule has 2 heterocycles. The average Bonchev–Trinajstić information content (AvgIpc) is 3.21. The van der Waals surface area contributed by atoms with Crippen LogP contribution in [0.3, 0.4) is 0 Å². The molecule has 2 aromatic carbocycles. The van der Waals surface area contributed by atoms with Gasteiger partial charge >= 0.3 is 0 Å². The molecule has 7 heteroatoms. The zero-order chi connectivity index (χ0) is 22.8. The summed E-state index contributed by atoms with van der Waals surface area (Å²) < 4.78 is 23.3. The van der Waals surface area contributed by atoms with Crippen LogP contribution < -0.4 is 14.2 Å². The molecule has 0 N–H and O–H groups in total. The molecule has 1 aliphatic heterocycles. The molecule has 1 aromatic heterocycles. The number of nitrogens with zero attached hydrogens (tertiary/aromatic N) is 1. The van der Waals surface area contributed by atoms with E-state index in [1.807, 2.05) is 43.0 Å². The van der Waals surface area contributed by atoms with E-state index in [0.717, 1.165) is 28.0 Å². The van der Waals surface area contributed by atoms with Crippen molar-refractivity contribution in [2.75, 3.05) is 27.4 Å². The Morgan fingerprint density at radius 3 is 2.38 bits per heavy atom. The minimum Gasteiger partial charge on any atom is -0.493 e. The number of hydrogen-bond acceptors (Lipinski definition) is 5. The number of methoxy groups -OCH3 is 2. The van der Waals surface area contributed by atoms with E-state index >= 15 is 0 Å². The maximum atomic E-state index is 13.3. The summed E-state index contributed by atoms with van der Waals surface area (Å²) in [7, 11) is 3.23. The van der Waals surface area contributed by atoms with Crippen molar-refractivity contribution in [3.05, 3.63) is 75.1 Å². The molecule has 0 saturated heterocycles. The maximum absolute atomic E-state index is 13.3. The van der Waals surface area contributed by atoms with Gasteiger partial charge in [0, 0.05) is 6.54 Å². The van der Waals surface area contributed by atoms with Gasteiger partial charge in [-0.2, -0.15) is 0 Å². The van der Waals surface area contributed by atoms with Gasteiger partial charge < -0.3 is 23.5 Å². The normalized spacial score (nSPS) is 15.3. The van der Waals surface area contributed by atoms with E-state index in [0.29, 0.717) is 35.7 Å². The highest BCUT2D eigenvalue weighted by Gasteiger charge is 2.34. The minimum absolute atomic E-state index is 0.176. The Labute approximate surface area is 196 Å². The number of amides is 1. The van der Waals surface area contributed by atoms with Crippen molar-refractivity contribution in [3.63, 3.8) is 0 Å². The van der Waals surface area contributed by atoms with Crippen LogP contribution in [0.1, 0.15) is 38.9 Å². The van der Waals surface area contributed by atoms with Gasteiger partial charge in [-0.15, -0.1) is 0 Å². The maximum Gasteiger partial charge on any atom is 0.290 e. The van der Waals surface area contributed by atoms with Crippen molar-refractivity contribution in [2.45, 2.75) is 26.3 Å². The topological polar surface area (TPSA) is 61.1 Å². The summed E-state index contributed by atoms with van der Waals surface area (Å²) in [5, 5.41) is 0. The lowest BCUT2D eigenvalue weighted by molar-refractivity contribution is 0.0556. The third kappa shape index (κ3) is 4.48. The molecule has 1 atom stereocenters. The molecule has 0 aliphatic carbocycles. The summed E-state index contributed by atoms with van der Waals surface area (Å²) in [6, 6.07) is 13.1. The Morgan fingerprint density at radius 2 is 1.75 bits per heavy atom. The number of halogens is 1. The highest BCUT2D eigenvalue weighted by Crippen LogP contribution is 2.39. The Balaban J connectivity index is 1.71. The van der Waals surface area contributed by atoms with Gasteiger partial charge in [-0.05, 0) is 94.9 Å². The second-order valence-electron chi connectivity index (χ2n) is 7.91. The number of benzene rings is 2. The molecule has 32 heavy (non-hydrogen) atoms. The van der Waals surface area contributed by atoms with E-state index < -0.39 is 0 Å². The minimum atomic E-state index is -0.309. The van der Waals surface area contributed by atoms with Crippen LogP contribution in [0.25, 0.3) is 0 Å². The smallest absolute Gasteiger partial charge is 0.290 e. The van der Waals surface area contributed by atoms with Gasteiger partial charge in [0.05, 0.1) is 20.3 Å². The number of ether oxygens (including phenoxy) is 3.